The van der Waals surface area contributed by atoms with Gasteiger partial charge in [0.15, 0.2) is 0 Å². The van der Waals surface area contributed by atoms with Gasteiger partial charge in [-0.2, -0.15) is 0 Å². The highest BCUT2D eigenvalue weighted by Crippen LogP contribution is 2.31. The van der Waals surface area contributed by atoms with E-state index in [0.717, 1.165) is 31.6 Å². The molecular formula is C12H16N4O. The molecule has 1 aromatic heterocycles. The molecule has 0 aromatic carbocycles. The summed E-state index contributed by atoms with van der Waals surface area (Å²) >= 11 is 0. The first-order valence-electron chi connectivity index (χ1n) is 6.00. The molecule has 3 N–H and O–H groups in total. The maximum atomic E-state index is 11.7. The van der Waals surface area contributed by atoms with Gasteiger partial charge in [0.05, 0.1) is 29.5 Å². The highest BCUT2D eigenvalue weighted by molar-refractivity contribution is 5.83. The molecule has 0 bridgehead atoms. The van der Waals surface area contributed by atoms with Crippen LogP contribution in [0.4, 0.5) is 11.4 Å². The number of carbonyl (C=O) groups excluding carboxylic acids is 1. The number of carbonyl (C=O) groups is 1. The third-order valence-corrected chi connectivity index (χ3v) is 3.68. The van der Waals surface area contributed by atoms with Crippen molar-refractivity contribution in [3.63, 3.8) is 0 Å². The van der Waals surface area contributed by atoms with E-state index < -0.39 is 0 Å². The number of amides is 1. The van der Waals surface area contributed by atoms with Gasteiger partial charge in [0, 0.05) is 19.3 Å². The van der Waals surface area contributed by atoms with E-state index in [1.54, 1.807) is 6.20 Å². The maximum Gasteiger partial charge on any atom is 0.225 e. The smallest absolute Gasteiger partial charge is 0.225 e. The molecule has 3 rings (SSSR count). The van der Waals surface area contributed by atoms with Crippen molar-refractivity contribution in [2.75, 3.05) is 23.7 Å². The highest BCUT2D eigenvalue weighted by atomic mass is 16.2. The number of nitrogens with one attached hydrogen (secondary N) is 1. The zero-order chi connectivity index (χ0) is 11.8. The Labute approximate surface area is 100 Å². The first-order valence-corrected chi connectivity index (χ1v) is 6.00. The monoisotopic (exact) mass is 232 g/mol. The molecule has 17 heavy (non-hydrogen) atoms. The molecule has 0 spiro atoms. The average molecular weight is 232 g/mol. The van der Waals surface area contributed by atoms with E-state index in [-0.39, 0.29) is 17.9 Å². The van der Waals surface area contributed by atoms with Crippen LogP contribution in [0.15, 0.2) is 18.5 Å². The van der Waals surface area contributed by atoms with Crippen molar-refractivity contribution in [2.24, 2.45) is 5.92 Å². The molecule has 5 heteroatoms. The Hall–Kier alpha value is -1.78. The number of hydrogen-bond donors (Lipinski definition) is 2. The summed E-state index contributed by atoms with van der Waals surface area (Å²) < 4.78 is 0. The molecule has 2 saturated heterocycles. The summed E-state index contributed by atoms with van der Waals surface area (Å²) in [6, 6.07) is 2.19. The van der Waals surface area contributed by atoms with E-state index in [1.165, 1.54) is 0 Å². The van der Waals surface area contributed by atoms with Gasteiger partial charge in [0.25, 0.3) is 0 Å². The standard InChI is InChI=1S/C12H16N4O/c13-8-4-9(6-14-5-8)16-3-1-2-10-11(16)7-15-12(10)17/h4-6,10-11H,1-3,7,13H2,(H,15,17). The molecule has 2 aliphatic rings. The van der Waals surface area contributed by atoms with E-state index in [1.807, 2.05) is 12.3 Å². The van der Waals surface area contributed by atoms with Crippen LogP contribution in [0, 0.1) is 5.92 Å². The fourth-order valence-electron chi connectivity index (χ4n) is 2.87. The second kappa shape index (κ2) is 3.91. The minimum absolute atomic E-state index is 0.130. The molecule has 5 nitrogen and oxygen atoms in total. The predicted molar refractivity (Wildman–Crippen MR) is 65.5 cm³/mol. The van der Waals surface area contributed by atoms with Crippen molar-refractivity contribution >= 4 is 17.3 Å². The molecule has 90 valence electrons. The van der Waals surface area contributed by atoms with Gasteiger partial charge >= 0.3 is 0 Å². The summed E-state index contributed by atoms with van der Waals surface area (Å²) in [5, 5.41) is 2.94. The minimum atomic E-state index is 0.130. The number of nitrogens with zero attached hydrogens (tertiary/aromatic N) is 2. The normalized spacial score (nSPS) is 27.8. The average Bonchev–Trinajstić information content (AvgIpc) is 2.71. The van der Waals surface area contributed by atoms with Gasteiger partial charge in [-0.25, -0.2) is 0 Å². The number of nitrogen functional groups attached to an aromatic ring is 1. The fraction of sp³-hybridized carbons (Fsp3) is 0.500. The number of piperidine rings is 1. The van der Waals surface area contributed by atoms with Gasteiger partial charge in [-0.1, -0.05) is 0 Å². The Morgan fingerprint density at radius 3 is 3.18 bits per heavy atom. The second-order valence-electron chi connectivity index (χ2n) is 4.73. The van der Waals surface area contributed by atoms with Crippen molar-refractivity contribution in [3.8, 4) is 0 Å². The van der Waals surface area contributed by atoms with Crippen LogP contribution in [0.3, 0.4) is 0 Å². The van der Waals surface area contributed by atoms with E-state index in [0.29, 0.717) is 5.69 Å². The molecule has 2 unspecified atom stereocenters. The molecular weight excluding hydrogens is 216 g/mol. The molecule has 0 radical (unpaired) electrons. The molecule has 2 fully saturated rings. The third kappa shape index (κ3) is 1.71. The molecule has 0 saturated carbocycles. The van der Waals surface area contributed by atoms with Crippen LogP contribution < -0.4 is 16.0 Å². The van der Waals surface area contributed by atoms with Crippen LogP contribution in [-0.2, 0) is 4.79 Å². The summed E-state index contributed by atoms with van der Waals surface area (Å²) in [5.74, 6) is 0.321. The topological polar surface area (TPSA) is 71.2 Å². The lowest BCUT2D eigenvalue weighted by Gasteiger charge is -2.37. The van der Waals surface area contributed by atoms with Crippen LogP contribution in [0.2, 0.25) is 0 Å². The first kappa shape index (κ1) is 10.4. The van der Waals surface area contributed by atoms with Crippen molar-refractivity contribution in [2.45, 2.75) is 18.9 Å². The van der Waals surface area contributed by atoms with Crippen LogP contribution in [-0.4, -0.2) is 30.0 Å². The zero-order valence-electron chi connectivity index (χ0n) is 9.60. The summed E-state index contributed by atoms with van der Waals surface area (Å²) in [5.41, 5.74) is 7.45. The van der Waals surface area contributed by atoms with Gasteiger partial charge in [-0.15, -0.1) is 0 Å². The van der Waals surface area contributed by atoms with Gasteiger partial charge < -0.3 is 16.0 Å². The third-order valence-electron chi connectivity index (χ3n) is 3.68. The Morgan fingerprint density at radius 2 is 2.35 bits per heavy atom. The Kier molecular flexibility index (Phi) is 2.39. The van der Waals surface area contributed by atoms with Crippen LogP contribution in [0.25, 0.3) is 0 Å². The number of pyridine rings is 1. The summed E-state index contributed by atoms with van der Waals surface area (Å²) in [6.07, 6.45) is 5.50. The lowest BCUT2D eigenvalue weighted by Crippen LogP contribution is -2.45. The SMILES string of the molecule is Nc1cncc(N2CCCC3C(=O)NCC32)c1. The molecule has 0 aliphatic carbocycles. The quantitative estimate of drug-likeness (QED) is 0.734. The molecule has 1 aromatic rings. The van der Waals surface area contributed by atoms with Crippen molar-refractivity contribution in [3.05, 3.63) is 18.5 Å². The summed E-state index contributed by atoms with van der Waals surface area (Å²) in [7, 11) is 0. The van der Waals surface area contributed by atoms with Gasteiger partial charge in [0.1, 0.15) is 0 Å². The first-order chi connectivity index (χ1) is 8.25. The van der Waals surface area contributed by atoms with Gasteiger partial charge in [-0.3, -0.25) is 9.78 Å². The number of aromatic nitrogens is 1. The molecule has 1 amide bonds. The van der Waals surface area contributed by atoms with Crippen LogP contribution in [0.5, 0.6) is 0 Å². The van der Waals surface area contributed by atoms with Gasteiger partial charge in [-0.05, 0) is 18.9 Å². The minimum Gasteiger partial charge on any atom is -0.397 e. The molecule has 3 heterocycles. The summed E-state index contributed by atoms with van der Waals surface area (Å²) in [6.45, 7) is 1.71. The Bertz CT molecular complexity index is 448. The second-order valence-corrected chi connectivity index (χ2v) is 4.73. The lowest BCUT2D eigenvalue weighted by atomic mass is 9.91. The Morgan fingerprint density at radius 1 is 1.47 bits per heavy atom. The highest BCUT2D eigenvalue weighted by Gasteiger charge is 2.40. The molecule has 2 atom stereocenters. The van der Waals surface area contributed by atoms with E-state index in [9.17, 15) is 4.79 Å². The summed E-state index contributed by atoms with van der Waals surface area (Å²) in [4.78, 5) is 18.1. The van der Waals surface area contributed by atoms with Crippen molar-refractivity contribution in [1.82, 2.24) is 10.3 Å². The molecule has 2 aliphatic heterocycles. The number of hydrogen-bond acceptors (Lipinski definition) is 4. The number of rotatable bonds is 1. The fourth-order valence-corrected chi connectivity index (χ4v) is 2.87. The number of nitrogens with two attached hydrogens (primary N) is 1. The van der Waals surface area contributed by atoms with E-state index in [2.05, 4.69) is 15.2 Å². The van der Waals surface area contributed by atoms with Crippen LogP contribution in [0.1, 0.15) is 12.8 Å². The predicted octanol–water partition coefficient (Wildman–Crippen LogP) is 0.379. The van der Waals surface area contributed by atoms with E-state index in [4.69, 9.17) is 5.73 Å². The number of anilines is 2. The van der Waals surface area contributed by atoms with Gasteiger partial charge in [0.2, 0.25) is 5.91 Å². The lowest BCUT2D eigenvalue weighted by molar-refractivity contribution is -0.122. The number of fused-ring (bicyclic) bond motifs is 1. The Balaban J connectivity index is 1.90. The zero-order valence-corrected chi connectivity index (χ0v) is 9.60. The maximum absolute atomic E-state index is 11.7. The largest absolute Gasteiger partial charge is 0.397 e. The van der Waals surface area contributed by atoms with Crippen molar-refractivity contribution < 1.29 is 4.79 Å². The van der Waals surface area contributed by atoms with E-state index >= 15 is 0 Å². The van der Waals surface area contributed by atoms with Crippen molar-refractivity contribution in [1.29, 1.82) is 0 Å². The van der Waals surface area contributed by atoms with Crippen LogP contribution >= 0.6 is 0 Å².